The first kappa shape index (κ1) is 15.7. The first-order chi connectivity index (χ1) is 12.1. The standard InChI is InChI=1S/C18H15F2N3O2/c19-12-3-1-2-10(6-12)16-14-7-13(8-15(20)17(14)23-22-16)21-18(24)11-4-5-25-9-11/h1-3,6-8,11H,4-5,9H2,(H,21,24)(H,22,23). The molecule has 0 spiro atoms. The molecule has 2 aromatic carbocycles. The number of fused-ring (bicyclic) bond motifs is 1. The molecule has 1 atom stereocenters. The van der Waals surface area contributed by atoms with Gasteiger partial charge < -0.3 is 10.1 Å². The summed E-state index contributed by atoms with van der Waals surface area (Å²) in [4.78, 5) is 12.2. The highest BCUT2D eigenvalue weighted by molar-refractivity contribution is 5.99. The summed E-state index contributed by atoms with van der Waals surface area (Å²) in [7, 11) is 0. The monoisotopic (exact) mass is 343 g/mol. The van der Waals surface area contributed by atoms with E-state index in [2.05, 4.69) is 15.5 Å². The van der Waals surface area contributed by atoms with Gasteiger partial charge in [0.1, 0.15) is 11.3 Å². The minimum atomic E-state index is -0.561. The Hall–Kier alpha value is -2.80. The van der Waals surface area contributed by atoms with E-state index in [-0.39, 0.29) is 17.3 Å². The van der Waals surface area contributed by atoms with Crippen molar-refractivity contribution in [2.45, 2.75) is 6.42 Å². The molecule has 2 N–H and O–H groups in total. The first-order valence-corrected chi connectivity index (χ1v) is 7.94. The van der Waals surface area contributed by atoms with Crippen molar-refractivity contribution in [2.24, 2.45) is 5.92 Å². The second kappa shape index (κ2) is 6.25. The molecule has 25 heavy (non-hydrogen) atoms. The van der Waals surface area contributed by atoms with Crippen LogP contribution in [0.3, 0.4) is 0 Å². The maximum Gasteiger partial charge on any atom is 0.229 e. The van der Waals surface area contributed by atoms with Gasteiger partial charge in [0.25, 0.3) is 0 Å². The van der Waals surface area contributed by atoms with Crippen LogP contribution in [0.1, 0.15) is 6.42 Å². The molecule has 1 aromatic heterocycles. The van der Waals surface area contributed by atoms with Crippen molar-refractivity contribution in [3.8, 4) is 11.3 Å². The van der Waals surface area contributed by atoms with E-state index in [0.717, 1.165) is 0 Å². The summed E-state index contributed by atoms with van der Waals surface area (Å²) in [5, 5.41) is 9.91. The summed E-state index contributed by atoms with van der Waals surface area (Å²) in [6.45, 7) is 0.924. The molecule has 0 saturated carbocycles. The van der Waals surface area contributed by atoms with Gasteiger partial charge in [0, 0.05) is 23.2 Å². The number of nitrogens with one attached hydrogen (secondary N) is 2. The largest absolute Gasteiger partial charge is 0.381 e. The number of carbonyl (C=O) groups is 1. The van der Waals surface area contributed by atoms with E-state index >= 15 is 0 Å². The van der Waals surface area contributed by atoms with E-state index in [1.807, 2.05) is 0 Å². The van der Waals surface area contributed by atoms with Crippen LogP contribution >= 0.6 is 0 Å². The third-order valence-corrected chi connectivity index (χ3v) is 4.29. The second-order valence-corrected chi connectivity index (χ2v) is 6.01. The fraction of sp³-hybridized carbons (Fsp3) is 0.222. The molecule has 1 aliphatic heterocycles. The number of hydrogen-bond donors (Lipinski definition) is 2. The van der Waals surface area contributed by atoms with Crippen molar-refractivity contribution < 1.29 is 18.3 Å². The van der Waals surface area contributed by atoms with Gasteiger partial charge >= 0.3 is 0 Å². The minimum absolute atomic E-state index is 0.140. The van der Waals surface area contributed by atoms with Gasteiger partial charge in [-0.3, -0.25) is 9.89 Å². The lowest BCUT2D eigenvalue weighted by Crippen LogP contribution is -2.22. The molecule has 1 saturated heterocycles. The molecule has 0 bridgehead atoms. The van der Waals surface area contributed by atoms with Gasteiger partial charge in [-0.1, -0.05) is 12.1 Å². The molecule has 7 heteroatoms. The van der Waals surface area contributed by atoms with Crippen LogP contribution < -0.4 is 5.32 Å². The first-order valence-electron chi connectivity index (χ1n) is 7.94. The minimum Gasteiger partial charge on any atom is -0.381 e. The molecule has 1 amide bonds. The summed E-state index contributed by atoms with van der Waals surface area (Å²) in [5.74, 6) is -1.39. The number of amides is 1. The Kier molecular flexibility index (Phi) is 3.93. The zero-order valence-electron chi connectivity index (χ0n) is 13.2. The van der Waals surface area contributed by atoms with Gasteiger partial charge in [0.05, 0.1) is 18.2 Å². The number of aromatic nitrogens is 2. The number of hydrogen-bond acceptors (Lipinski definition) is 3. The topological polar surface area (TPSA) is 67.0 Å². The number of halogens is 2. The molecule has 1 aliphatic rings. The molecular formula is C18H15F2N3O2. The summed E-state index contributed by atoms with van der Waals surface area (Å²) < 4.78 is 33.0. The van der Waals surface area contributed by atoms with Crippen molar-refractivity contribution in [3.63, 3.8) is 0 Å². The molecule has 3 aromatic rings. The SMILES string of the molecule is O=C(Nc1cc(F)c2n[nH]c(-c3cccc(F)c3)c2c1)C1CCOC1. The van der Waals surface area contributed by atoms with Gasteiger partial charge in [-0.25, -0.2) is 8.78 Å². The number of carbonyl (C=O) groups excluding carboxylic acids is 1. The number of nitrogens with zero attached hydrogens (tertiary/aromatic N) is 1. The average Bonchev–Trinajstić information content (AvgIpc) is 3.25. The van der Waals surface area contributed by atoms with Crippen LogP contribution in [0, 0.1) is 17.6 Å². The van der Waals surface area contributed by atoms with Crippen LogP contribution in [0.15, 0.2) is 36.4 Å². The highest BCUT2D eigenvalue weighted by Gasteiger charge is 2.24. The summed E-state index contributed by atoms with van der Waals surface area (Å²) in [6.07, 6.45) is 0.650. The van der Waals surface area contributed by atoms with Crippen molar-refractivity contribution in [2.75, 3.05) is 18.5 Å². The molecule has 1 unspecified atom stereocenters. The number of ether oxygens (including phenoxy) is 1. The van der Waals surface area contributed by atoms with Crippen LogP contribution in [0.4, 0.5) is 14.5 Å². The smallest absolute Gasteiger partial charge is 0.229 e. The van der Waals surface area contributed by atoms with Crippen molar-refractivity contribution in [1.29, 1.82) is 0 Å². The van der Waals surface area contributed by atoms with Crippen molar-refractivity contribution in [1.82, 2.24) is 10.2 Å². The van der Waals surface area contributed by atoms with E-state index in [0.29, 0.717) is 42.0 Å². The van der Waals surface area contributed by atoms with E-state index in [1.54, 1.807) is 18.2 Å². The lowest BCUT2D eigenvalue weighted by molar-refractivity contribution is -0.119. The van der Waals surface area contributed by atoms with Crippen LogP contribution in [-0.2, 0) is 9.53 Å². The number of benzene rings is 2. The molecule has 4 rings (SSSR count). The summed E-state index contributed by atoms with van der Waals surface area (Å²) >= 11 is 0. The Morgan fingerprint density at radius 1 is 1.28 bits per heavy atom. The normalized spacial score (nSPS) is 17.1. The molecule has 5 nitrogen and oxygen atoms in total. The molecule has 2 heterocycles. The van der Waals surface area contributed by atoms with Gasteiger partial charge in [-0.15, -0.1) is 0 Å². The van der Waals surface area contributed by atoms with Crippen molar-refractivity contribution in [3.05, 3.63) is 48.0 Å². The molecule has 128 valence electrons. The third kappa shape index (κ3) is 2.98. The van der Waals surface area contributed by atoms with Crippen LogP contribution in [-0.4, -0.2) is 29.3 Å². The van der Waals surface area contributed by atoms with E-state index in [1.165, 1.54) is 18.2 Å². The number of anilines is 1. The van der Waals surface area contributed by atoms with Crippen LogP contribution in [0.5, 0.6) is 0 Å². The lowest BCUT2D eigenvalue weighted by Gasteiger charge is -2.10. The van der Waals surface area contributed by atoms with Gasteiger partial charge in [0.2, 0.25) is 5.91 Å². The lowest BCUT2D eigenvalue weighted by atomic mass is 10.1. The van der Waals surface area contributed by atoms with Gasteiger partial charge in [-0.05, 0) is 30.7 Å². The quantitative estimate of drug-likeness (QED) is 0.765. The Balaban J connectivity index is 1.72. The summed E-state index contributed by atoms with van der Waals surface area (Å²) in [5.41, 5.74) is 1.52. The second-order valence-electron chi connectivity index (χ2n) is 6.01. The Bertz CT molecular complexity index is 949. The van der Waals surface area contributed by atoms with E-state index in [9.17, 15) is 13.6 Å². The van der Waals surface area contributed by atoms with Crippen molar-refractivity contribution >= 4 is 22.5 Å². The number of aromatic amines is 1. The molecule has 0 aliphatic carbocycles. The fourth-order valence-electron chi connectivity index (χ4n) is 3.00. The highest BCUT2D eigenvalue weighted by atomic mass is 19.1. The Morgan fingerprint density at radius 2 is 2.16 bits per heavy atom. The number of rotatable bonds is 3. The Morgan fingerprint density at radius 3 is 2.92 bits per heavy atom. The molecular weight excluding hydrogens is 328 g/mol. The molecule has 0 radical (unpaired) electrons. The van der Waals surface area contributed by atoms with E-state index in [4.69, 9.17) is 4.74 Å². The Labute approximate surface area is 142 Å². The maximum atomic E-state index is 14.4. The summed E-state index contributed by atoms with van der Waals surface area (Å²) in [6, 6.07) is 8.81. The highest BCUT2D eigenvalue weighted by Crippen LogP contribution is 2.31. The maximum absolute atomic E-state index is 14.4. The fourth-order valence-corrected chi connectivity index (χ4v) is 3.00. The van der Waals surface area contributed by atoms with Crippen LogP contribution in [0.25, 0.3) is 22.2 Å². The number of H-pyrrole nitrogens is 1. The predicted octanol–water partition coefficient (Wildman–Crippen LogP) is 3.48. The van der Waals surface area contributed by atoms with Gasteiger partial charge in [-0.2, -0.15) is 5.10 Å². The third-order valence-electron chi connectivity index (χ3n) is 4.29. The zero-order valence-corrected chi connectivity index (χ0v) is 13.2. The van der Waals surface area contributed by atoms with E-state index < -0.39 is 11.6 Å². The van der Waals surface area contributed by atoms with Crippen LogP contribution in [0.2, 0.25) is 0 Å². The molecule has 1 fully saturated rings. The zero-order chi connectivity index (χ0) is 17.4. The van der Waals surface area contributed by atoms with Gasteiger partial charge in [0.15, 0.2) is 5.82 Å². The predicted molar refractivity (Wildman–Crippen MR) is 89.0 cm³/mol. The average molecular weight is 343 g/mol.